The molecule has 2 heteroatoms. The van der Waals surface area contributed by atoms with Gasteiger partial charge in [0, 0.05) is 18.6 Å². The zero-order valence-electron chi connectivity index (χ0n) is 9.46. The molecule has 0 spiro atoms. The van der Waals surface area contributed by atoms with E-state index in [1.54, 1.807) is 0 Å². The highest BCUT2D eigenvalue weighted by Crippen LogP contribution is 2.26. The molecule has 0 aromatic rings. The summed E-state index contributed by atoms with van der Waals surface area (Å²) in [5.41, 5.74) is 5.71. The van der Waals surface area contributed by atoms with Crippen molar-refractivity contribution >= 4 is 0 Å². The second-order valence-corrected chi connectivity index (χ2v) is 4.87. The van der Waals surface area contributed by atoms with Crippen molar-refractivity contribution in [3.05, 3.63) is 0 Å². The molecule has 1 aliphatic rings. The molecule has 2 N–H and O–H groups in total. The van der Waals surface area contributed by atoms with Crippen LogP contribution >= 0.6 is 0 Å². The summed E-state index contributed by atoms with van der Waals surface area (Å²) >= 11 is 0. The van der Waals surface area contributed by atoms with Gasteiger partial charge in [0.15, 0.2) is 0 Å². The largest absolute Gasteiger partial charge is 0.330 e. The fourth-order valence-electron chi connectivity index (χ4n) is 2.29. The third kappa shape index (κ3) is 2.44. The molecule has 0 saturated carbocycles. The SMILES string of the molecule is CC(C)C(C)N1CC(CN)CC1C. The fourth-order valence-corrected chi connectivity index (χ4v) is 2.29. The molecule has 3 unspecified atom stereocenters. The van der Waals surface area contributed by atoms with Gasteiger partial charge in [-0.15, -0.1) is 0 Å². The van der Waals surface area contributed by atoms with E-state index in [-0.39, 0.29) is 0 Å². The molecule has 78 valence electrons. The van der Waals surface area contributed by atoms with Crippen molar-refractivity contribution in [1.29, 1.82) is 0 Å². The molecule has 1 saturated heterocycles. The molecular weight excluding hydrogens is 160 g/mol. The summed E-state index contributed by atoms with van der Waals surface area (Å²) in [6, 6.07) is 1.43. The van der Waals surface area contributed by atoms with Crippen molar-refractivity contribution in [3.63, 3.8) is 0 Å². The van der Waals surface area contributed by atoms with E-state index in [0.717, 1.165) is 24.4 Å². The highest BCUT2D eigenvalue weighted by Gasteiger charge is 2.31. The number of nitrogens with zero attached hydrogens (tertiary/aromatic N) is 1. The highest BCUT2D eigenvalue weighted by molar-refractivity contribution is 4.86. The van der Waals surface area contributed by atoms with Crippen LogP contribution in [0.4, 0.5) is 0 Å². The lowest BCUT2D eigenvalue weighted by molar-refractivity contribution is 0.159. The third-order valence-electron chi connectivity index (χ3n) is 3.53. The maximum atomic E-state index is 5.71. The molecule has 13 heavy (non-hydrogen) atoms. The van der Waals surface area contributed by atoms with Gasteiger partial charge < -0.3 is 5.73 Å². The quantitative estimate of drug-likeness (QED) is 0.723. The molecule has 1 fully saturated rings. The minimum Gasteiger partial charge on any atom is -0.330 e. The van der Waals surface area contributed by atoms with Crippen molar-refractivity contribution in [2.45, 2.75) is 46.2 Å². The van der Waals surface area contributed by atoms with E-state index in [0.29, 0.717) is 6.04 Å². The van der Waals surface area contributed by atoms with Gasteiger partial charge in [0.05, 0.1) is 0 Å². The van der Waals surface area contributed by atoms with Crippen LogP contribution < -0.4 is 5.73 Å². The molecule has 1 aliphatic heterocycles. The summed E-state index contributed by atoms with van der Waals surface area (Å²) in [7, 11) is 0. The minimum absolute atomic E-state index is 0.701. The Morgan fingerprint density at radius 3 is 2.38 bits per heavy atom. The lowest BCUT2D eigenvalue weighted by Gasteiger charge is -2.31. The topological polar surface area (TPSA) is 29.3 Å². The van der Waals surface area contributed by atoms with Gasteiger partial charge in [0.1, 0.15) is 0 Å². The Bertz CT molecular complexity index is 156. The first kappa shape index (κ1) is 11.0. The van der Waals surface area contributed by atoms with E-state index in [9.17, 15) is 0 Å². The predicted molar refractivity (Wildman–Crippen MR) is 57.6 cm³/mol. The van der Waals surface area contributed by atoms with Crippen LogP contribution in [0.5, 0.6) is 0 Å². The molecule has 2 nitrogen and oxygen atoms in total. The van der Waals surface area contributed by atoms with Gasteiger partial charge in [-0.2, -0.15) is 0 Å². The number of hydrogen-bond donors (Lipinski definition) is 1. The van der Waals surface area contributed by atoms with Crippen LogP contribution in [0.15, 0.2) is 0 Å². The second-order valence-electron chi connectivity index (χ2n) is 4.87. The number of hydrogen-bond acceptors (Lipinski definition) is 2. The number of rotatable bonds is 3. The Labute approximate surface area is 82.5 Å². The molecule has 1 rings (SSSR count). The Kier molecular flexibility index (Phi) is 3.74. The van der Waals surface area contributed by atoms with Gasteiger partial charge in [0.2, 0.25) is 0 Å². The normalized spacial score (nSPS) is 32.8. The van der Waals surface area contributed by atoms with Gasteiger partial charge in [-0.3, -0.25) is 4.90 Å². The van der Waals surface area contributed by atoms with Crippen LogP contribution in [0.1, 0.15) is 34.1 Å². The first-order valence-electron chi connectivity index (χ1n) is 5.52. The van der Waals surface area contributed by atoms with E-state index in [2.05, 4.69) is 32.6 Å². The van der Waals surface area contributed by atoms with Crippen LogP contribution in [0.25, 0.3) is 0 Å². The second kappa shape index (κ2) is 4.43. The van der Waals surface area contributed by atoms with Crippen LogP contribution in [0.3, 0.4) is 0 Å². The molecular formula is C11H24N2. The van der Waals surface area contributed by atoms with Crippen LogP contribution in [0, 0.1) is 11.8 Å². The maximum absolute atomic E-state index is 5.71. The summed E-state index contributed by atoms with van der Waals surface area (Å²) in [5, 5.41) is 0. The molecule has 0 amide bonds. The van der Waals surface area contributed by atoms with E-state index in [1.165, 1.54) is 13.0 Å². The van der Waals surface area contributed by atoms with Crippen molar-refractivity contribution in [2.75, 3.05) is 13.1 Å². The monoisotopic (exact) mass is 184 g/mol. The van der Waals surface area contributed by atoms with E-state index < -0.39 is 0 Å². The van der Waals surface area contributed by atoms with Crippen LogP contribution in [-0.4, -0.2) is 30.1 Å². The predicted octanol–water partition coefficient (Wildman–Crippen LogP) is 1.70. The maximum Gasteiger partial charge on any atom is 0.00928 e. The van der Waals surface area contributed by atoms with Gasteiger partial charge in [-0.1, -0.05) is 13.8 Å². The Morgan fingerprint density at radius 1 is 1.38 bits per heavy atom. The Morgan fingerprint density at radius 2 is 2.00 bits per heavy atom. The van der Waals surface area contributed by atoms with Crippen molar-refractivity contribution in [1.82, 2.24) is 4.90 Å². The molecule has 0 aromatic carbocycles. The average Bonchev–Trinajstić information content (AvgIpc) is 2.45. The summed E-state index contributed by atoms with van der Waals surface area (Å²) in [6.07, 6.45) is 1.29. The summed E-state index contributed by atoms with van der Waals surface area (Å²) in [6.45, 7) is 11.3. The summed E-state index contributed by atoms with van der Waals surface area (Å²) in [4.78, 5) is 2.61. The lowest BCUT2D eigenvalue weighted by atomic mass is 10.0. The molecule has 0 aromatic heterocycles. The number of likely N-dealkylation sites (tertiary alicyclic amines) is 1. The van der Waals surface area contributed by atoms with E-state index in [4.69, 9.17) is 5.73 Å². The Hall–Kier alpha value is -0.0800. The highest BCUT2D eigenvalue weighted by atomic mass is 15.2. The van der Waals surface area contributed by atoms with Gasteiger partial charge in [-0.25, -0.2) is 0 Å². The van der Waals surface area contributed by atoms with Crippen molar-refractivity contribution in [2.24, 2.45) is 17.6 Å². The van der Waals surface area contributed by atoms with E-state index >= 15 is 0 Å². The van der Waals surface area contributed by atoms with Gasteiger partial charge >= 0.3 is 0 Å². The van der Waals surface area contributed by atoms with Gasteiger partial charge in [-0.05, 0) is 38.6 Å². The number of nitrogens with two attached hydrogens (primary N) is 1. The average molecular weight is 184 g/mol. The molecule has 0 aliphatic carbocycles. The first-order chi connectivity index (χ1) is 6.06. The molecule has 0 radical (unpaired) electrons. The summed E-state index contributed by atoms with van der Waals surface area (Å²) < 4.78 is 0. The standard InChI is InChI=1S/C11H24N2/c1-8(2)10(4)13-7-11(6-12)5-9(13)3/h8-11H,5-7,12H2,1-4H3. The lowest BCUT2D eigenvalue weighted by Crippen LogP contribution is -2.39. The zero-order valence-corrected chi connectivity index (χ0v) is 9.46. The van der Waals surface area contributed by atoms with Crippen LogP contribution in [-0.2, 0) is 0 Å². The molecule has 1 heterocycles. The van der Waals surface area contributed by atoms with Crippen molar-refractivity contribution in [3.8, 4) is 0 Å². The fraction of sp³-hybridized carbons (Fsp3) is 1.00. The first-order valence-corrected chi connectivity index (χ1v) is 5.52. The third-order valence-corrected chi connectivity index (χ3v) is 3.53. The minimum atomic E-state index is 0.701. The van der Waals surface area contributed by atoms with Gasteiger partial charge in [0.25, 0.3) is 0 Å². The molecule has 3 atom stereocenters. The smallest absolute Gasteiger partial charge is 0.00928 e. The van der Waals surface area contributed by atoms with Crippen molar-refractivity contribution < 1.29 is 0 Å². The van der Waals surface area contributed by atoms with E-state index in [1.807, 2.05) is 0 Å². The Balaban J connectivity index is 2.51. The summed E-state index contributed by atoms with van der Waals surface area (Å²) in [5.74, 6) is 1.48. The molecule has 0 bridgehead atoms. The van der Waals surface area contributed by atoms with Crippen LogP contribution in [0.2, 0.25) is 0 Å². The zero-order chi connectivity index (χ0) is 10.0.